The van der Waals surface area contributed by atoms with Crippen molar-refractivity contribution in [3.63, 3.8) is 0 Å². The van der Waals surface area contributed by atoms with E-state index < -0.39 is 0 Å². The van der Waals surface area contributed by atoms with E-state index in [4.69, 9.17) is 5.73 Å². The van der Waals surface area contributed by atoms with Crippen LogP contribution in [0.15, 0.2) is 29.6 Å². The number of rotatable bonds is 6. The van der Waals surface area contributed by atoms with Crippen LogP contribution in [0.1, 0.15) is 36.2 Å². The van der Waals surface area contributed by atoms with Crippen molar-refractivity contribution < 1.29 is 14.0 Å². The zero-order valence-electron chi connectivity index (χ0n) is 15.0. The lowest BCUT2D eigenvalue weighted by Gasteiger charge is -2.35. The molecule has 1 atom stereocenters. The van der Waals surface area contributed by atoms with Gasteiger partial charge in [-0.25, -0.2) is 9.37 Å². The van der Waals surface area contributed by atoms with Crippen LogP contribution in [-0.4, -0.2) is 47.4 Å². The van der Waals surface area contributed by atoms with E-state index in [1.807, 2.05) is 0 Å². The molecule has 8 heteroatoms. The van der Waals surface area contributed by atoms with E-state index in [-0.39, 0.29) is 30.1 Å². The minimum atomic E-state index is -0.357. The normalized spacial score (nSPS) is 17.0. The van der Waals surface area contributed by atoms with Crippen LogP contribution in [0, 0.1) is 5.82 Å². The molecule has 1 aromatic heterocycles. The minimum absolute atomic E-state index is 0.0633. The number of halogens is 1. The van der Waals surface area contributed by atoms with Crippen molar-refractivity contribution in [3.8, 4) is 10.6 Å². The average molecular weight is 390 g/mol. The fourth-order valence-corrected chi connectivity index (χ4v) is 4.03. The van der Waals surface area contributed by atoms with Gasteiger partial charge in [-0.1, -0.05) is 12.1 Å². The van der Waals surface area contributed by atoms with Gasteiger partial charge < -0.3 is 16.0 Å². The number of aromatic nitrogens is 1. The molecule has 1 aliphatic heterocycles. The van der Waals surface area contributed by atoms with Crippen molar-refractivity contribution >= 4 is 23.2 Å². The first-order chi connectivity index (χ1) is 13.1. The molecule has 1 saturated heterocycles. The summed E-state index contributed by atoms with van der Waals surface area (Å²) in [6.45, 7) is 1.34. The summed E-state index contributed by atoms with van der Waals surface area (Å²) in [4.78, 5) is 30.8. The Morgan fingerprint density at radius 2 is 2.15 bits per heavy atom. The number of piperidine rings is 1. The molecule has 1 fully saturated rings. The summed E-state index contributed by atoms with van der Waals surface area (Å²) in [5, 5.41) is 5.00. The highest BCUT2D eigenvalue weighted by molar-refractivity contribution is 7.13. The number of carbonyl (C=O) groups is 2. The fourth-order valence-electron chi connectivity index (χ4n) is 3.21. The number of thiazole rings is 1. The molecule has 6 nitrogen and oxygen atoms in total. The van der Waals surface area contributed by atoms with Gasteiger partial charge in [0.2, 0.25) is 5.91 Å². The molecule has 1 aliphatic rings. The van der Waals surface area contributed by atoms with Gasteiger partial charge in [-0.2, -0.15) is 0 Å². The topological polar surface area (TPSA) is 88.3 Å². The van der Waals surface area contributed by atoms with E-state index in [9.17, 15) is 14.0 Å². The zero-order chi connectivity index (χ0) is 19.2. The van der Waals surface area contributed by atoms with Crippen LogP contribution in [0.2, 0.25) is 0 Å². The SMILES string of the molecule is NCCC(=O)NCC1CCCCN1C(=O)c1csc(-c2ccccc2F)n1. The van der Waals surface area contributed by atoms with Gasteiger partial charge in [-0.15, -0.1) is 11.3 Å². The van der Waals surface area contributed by atoms with Crippen LogP contribution in [0.3, 0.4) is 0 Å². The van der Waals surface area contributed by atoms with Crippen LogP contribution >= 0.6 is 11.3 Å². The highest BCUT2D eigenvalue weighted by Gasteiger charge is 2.29. The summed E-state index contributed by atoms with van der Waals surface area (Å²) in [6, 6.07) is 6.33. The first-order valence-electron chi connectivity index (χ1n) is 9.08. The van der Waals surface area contributed by atoms with Crippen molar-refractivity contribution in [3.05, 3.63) is 41.2 Å². The predicted molar refractivity (Wildman–Crippen MR) is 103 cm³/mol. The number of nitrogens with one attached hydrogen (secondary N) is 1. The molecule has 1 aromatic carbocycles. The van der Waals surface area contributed by atoms with Gasteiger partial charge in [0.1, 0.15) is 16.5 Å². The van der Waals surface area contributed by atoms with Gasteiger partial charge in [-0.05, 0) is 31.4 Å². The average Bonchev–Trinajstić information content (AvgIpc) is 3.16. The van der Waals surface area contributed by atoms with E-state index >= 15 is 0 Å². The molecule has 0 saturated carbocycles. The molecule has 0 spiro atoms. The molecule has 27 heavy (non-hydrogen) atoms. The third-order valence-corrected chi connectivity index (χ3v) is 5.50. The summed E-state index contributed by atoms with van der Waals surface area (Å²) in [5.41, 5.74) is 6.10. The molecule has 2 amide bonds. The summed E-state index contributed by atoms with van der Waals surface area (Å²) >= 11 is 1.25. The molecule has 2 aromatic rings. The Labute approximate surface area is 161 Å². The van der Waals surface area contributed by atoms with Gasteiger partial charge in [0.05, 0.1) is 0 Å². The molecule has 3 rings (SSSR count). The molecule has 0 aliphatic carbocycles. The Hall–Kier alpha value is -2.32. The lowest BCUT2D eigenvalue weighted by atomic mass is 10.0. The Kier molecular flexibility index (Phi) is 6.52. The second-order valence-corrected chi connectivity index (χ2v) is 7.37. The maximum absolute atomic E-state index is 14.0. The number of hydrogen-bond acceptors (Lipinski definition) is 5. The van der Waals surface area contributed by atoms with Crippen LogP contribution in [0.4, 0.5) is 4.39 Å². The highest BCUT2D eigenvalue weighted by atomic mass is 32.1. The number of hydrogen-bond donors (Lipinski definition) is 2. The summed E-state index contributed by atoms with van der Waals surface area (Å²) in [7, 11) is 0. The molecule has 0 radical (unpaired) electrons. The van der Waals surface area contributed by atoms with E-state index in [1.54, 1.807) is 28.5 Å². The monoisotopic (exact) mass is 390 g/mol. The molecular formula is C19H23FN4O2S. The number of amides is 2. The summed E-state index contributed by atoms with van der Waals surface area (Å²) in [5.74, 6) is -0.637. The first kappa shape index (κ1) is 19.4. The van der Waals surface area contributed by atoms with Crippen LogP contribution in [0.5, 0.6) is 0 Å². The second-order valence-electron chi connectivity index (χ2n) is 6.51. The molecule has 2 heterocycles. The van der Waals surface area contributed by atoms with Crippen molar-refractivity contribution in [2.24, 2.45) is 5.73 Å². The lowest BCUT2D eigenvalue weighted by molar-refractivity contribution is -0.121. The molecule has 0 bridgehead atoms. The third-order valence-electron chi connectivity index (χ3n) is 4.62. The van der Waals surface area contributed by atoms with Crippen molar-refractivity contribution in [1.29, 1.82) is 0 Å². The number of nitrogens with zero attached hydrogens (tertiary/aromatic N) is 2. The second kappa shape index (κ2) is 9.05. The summed E-state index contributed by atoms with van der Waals surface area (Å²) in [6.07, 6.45) is 3.04. The number of nitrogens with two attached hydrogens (primary N) is 1. The zero-order valence-corrected chi connectivity index (χ0v) is 15.8. The van der Waals surface area contributed by atoms with Gasteiger partial charge in [0.25, 0.3) is 5.91 Å². The van der Waals surface area contributed by atoms with Gasteiger partial charge in [0, 0.05) is 43.0 Å². The van der Waals surface area contributed by atoms with Crippen molar-refractivity contribution in [2.75, 3.05) is 19.6 Å². The van der Waals surface area contributed by atoms with E-state index in [0.717, 1.165) is 19.3 Å². The maximum Gasteiger partial charge on any atom is 0.273 e. The lowest BCUT2D eigenvalue weighted by Crippen LogP contribution is -2.49. The highest BCUT2D eigenvalue weighted by Crippen LogP contribution is 2.27. The van der Waals surface area contributed by atoms with Gasteiger partial charge >= 0.3 is 0 Å². The van der Waals surface area contributed by atoms with Crippen molar-refractivity contribution in [1.82, 2.24) is 15.2 Å². The Morgan fingerprint density at radius 1 is 1.33 bits per heavy atom. The number of carbonyl (C=O) groups excluding carboxylic acids is 2. The quantitative estimate of drug-likeness (QED) is 0.793. The third kappa shape index (κ3) is 4.70. The molecule has 1 unspecified atom stereocenters. The van der Waals surface area contributed by atoms with E-state index in [2.05, 4.69) is 10.3 Å². The largest absolute Gasteiger partial charge is 0.354 e. The van der Waals surface area contributed by atoms with Crippen molar-refractivity contribution in [2.45, 2.75) is 31.7 Å². The number of benzene rings is 1. The van der Waals surface area contributed by atoms with Crippen LogP contribution in [-0.2, 0) is 4.79 Å². The predicted octanol–water partition coefficient (Wildman–Crippen LogP) is 2.41. The molecule has 144 valence electrons. The Morgan fingerprint density at radius 3 is 2.93 bits per heavy atom. The van der Waals surface area contributed by atoms with Gasteiger partial charge in [-0.3, -0.25) is 9.59 Å². The van der Waals surface area contributed by atoms with E-state index in [0.29, 0.717) is 35.9 Å². The van der Waals surface area contributed by atoms with E-state index in [1.165, 1.54) is 17.4 Å². The molecule has 3 N–H and O–H groups in total. The maximum atomic E-state index is 14.0. The van der Waals surface area contributed by atoms with Crippen LogP contribution < -0.4 is 11.1 Å². The van der Waals surface area contributed by atoms with Gasteiger partial charge in [0.15, 0.2) is 0 Å². The van der Waals surface area contributed by atoms with Crippen LogP contribution in [0.25, 0.3) is 10.6 Å². The number of likely N-dealkylation sites (tertiary alicyclic amines) is 1. The molecular weight excluding hydrogens is 367 g/mol. The smallest absolute Gasteiger partial charge is 0.273 e. The first-order valence-corrected chi connectivity index (χ1v) is 9.96. The summed E-state index contributed by atoms with van der Waals surface area (Å²) < 4.78 is 14.0. The fraction of sp³-hybridized carbons (Fsp3) is 0.421. The Bertz CT molecular complexity index is 811. The standard InChI is InChI=1S/C19H23FN4O2S/c20-15-7-2-1-6-14(15)18-23-16(12-27-18)19(26)24-10-4-3-5-13(24)11-22-17(25)8-9-21/h1-2,6-7,12-13H,3-5,8-11,21H2,(H,22,25). The Balaban J connectivity index is 1.71. The minimum Gasteiger partial charge on any atom is -0.354 e.